The minimum atomic E-state index is -1.94. The summed E-state index contributed by atoms with van der Waals surface area (Å²) in [7, 11) is 1.03. The summed E-state index contributed by atoms with van der Waals surface area (Å²) >= 11 is 0. The number of benzene rings is 2. The number of methoxy groups -OCH3 is 1. The Labute approximate surface area is 415 Å². The van der Waals surface area contributed by atoms with Crippen molar-refractivity contribution in [1.82, 2.24) is 58.1 Å². The van der Waals surface area contributed by atoms with Crippen molar-refractivity contribution in [3.8, 4) is 11.1 Å². The molecule has 3 rings (SSSR count). The summed E-state index contributed by atoms with van der Waals surface area (Å²) in [5.41, 5.74) is 3.74. The highest BCUT2D eigenvalue weighted by Gasteiger charge is 2.39. The van der Waals surface area contributed by atoms with Crippen molar-refractivity contribution >= 4 is 73.0 Å². The Hall–Kier alpha value is -7.58. The molecule has 0 heterocycles. The minimum Gasteiger partial charge on any atom is -0.466 e. The molecule has 25 heteroatoms. The summed E-state index contributed by atoms with van der Waals surface area (Å²) in [6.07, 6.45) is -6.79. The maximum absolute atomic E-state index is 14.6. The van der Waals surface area contributed by atoms with Gasteiger partial charge in [0, 0.05) is 12.5 Å². The molecule has 1 aliphatic carbocycles. The van der Waals surface area contributed by atoms with Crippen LogP contribution in [0.2, 0.25) is 0 Å². The van der Waals surface area contributed by atoms with Gasteiger partial charge in [-0.3, -0.25) is 55.9 Å². The summed E-state index contributed by atoms with van der Waals surface area (Å²) in [5.74, 6) is -6.91. The van der Waals surface area contributed by atoms with E-state index in [4.69, 9.17) is 4.74 Å². The van der Waals surface area contributed by atoms with Gasteiger partial charge in [0.25, 0.3) is 23.6 Å². The zero-order valence-corrected chi connectivity index (χ0v) is 40.8. The molecule has 25 nitrogen and oxygen atoms in total. The highest BCUT2D eigenvalue weighted by atomic mass is 16.5. The molecule has 0 unspecified atom stereocenters. The minimum absolute atomic E-state index is 0.155. The maximum Gasteiger partial charge on any atom is 0.408 e. The first-order valence-corrected chi connectivity index (χ1v) is 22.7. The fourth-order valence-corrected chi connectivity index (χ4v) is 7.09. The SMILES string of the molecule is C=CCN(C(=O)[C@@H](NC(=O)OCC1c2ccccc2-c2ccccc21)N[C@@H](C)C=O)[C@@H](N[C@@H](C)C=O)C(=O)N[C@@H](N[C@@H](C)C=O)C(=O)N[C@@H](N[C@@H](C)C=O)C(=O)N[C@@H](C)C(=O)N[C@@H](N[C@@H](C)C=O)C(=O)OC. The van der Waals surface area contributed by atoms with Crippen LogP contribution in [-0.4, -0.2) is 165 Å². The fourth-order valence-electron chi connectivity index (χ4n) is 7.09. The molecule has 0 aliphatic heterocycles. The largest absolute Gasteiger partial charge is 0.466 e. The Morgan fingerprint density at radius 2 is 0.972 bits per heavy atom. The number of amides is 6. The van der Waals surface area contributed by atoms with E-state index in [-0.39, 0.29) is 12.5 Å². The van der Waals surface area contributed by atoms with E-state index in [0.717, 1.165) is 34.3 Å². The van der Waals surface area contributed by atoms with Gasteiger partial charge in [0.1, 0.15) is 44.1 Å². The topological polar surface area (TPSA) is 347 Å². The zero-order valence-electron chi connectivity index (χ0n) is 40.8. The molecule has 0 aromatic heterocycles. The van der Waals surface area contributed by atoms with E-state index in [1.54, 1.807) is 0 Å². The number of carbonyl (C=O) groups is 12. The number of esters is 1. The van der Waals surface area contributed by atoms with E-state index in [1.807, 2.05) is 48.5 Å². The molecule has 0 bridgehead atoms. The second-order valence-corrected chi connectivity index (χ2v) is 16.6. The lowest BCUT2D eigenvalue weighted by Crippen LogP contribution is -2.69. The average molecular weight is 1010 g/mol. The third-order valence-corrected chi connectivity index (χ3v) is 10.8. The molecular formula is C47H63N11O14. The van der Waals surface area contributed by atoms with Crippen molar-refractivity contribution in [3.05, 3.63) is 72.3 Å². The van der Waals surface area contributed by atoms with Crippen molar-refractivity contribution in [2.45, 2.75) is 115 Å². The van der Waals surface area contributed by atoms with Gasteiger partial charge >= 0.3 is 12.1 Å². The van der Waals surface area contributed by atoms with Crippen LogP contribution in [0.5, 0.6) is 0 Å². The van der Waals surface area contributed by atoms with Crippen LogP contribution in [-0.2, 0) is 62.2 Å². The standard InChI is InChI=1S/C47H63N11O14/c1-9-18-58(45(68)38(50-27(4)21-61)57-47(70)72-24-35-33-16-12-10-14-31(33)32-15-11-13-17-34(32)35)40(52-29(6)23-63)44(67)55-37(49-26(3)20-60)43(66)54-36(48-25(2)19-59)42(65)53-30(7)41(64)56-39(46(69)71-8)51-28(5)22-62/h9-17,19-23,25-30,35-40,48-52H,1,18,24H2,2-8H3,(H,53,65)(H,54,66)(H,55,67)(H,56,64)(H,57,70)/t25-,26-,27-,28-,29-,30-,36+,37+,38+,39+,40+/m0/s1. The Bertz CT molecular complexity index is 2260. The summed E-state index contributed by atoms with van der Waals surface area (Å²) in [6, 6.07) is 8.29. The van der Waals surface area contributed by atoms with Gasteiger partial charge in [0.2, 0.25) is 5.91 Å². The first-order chi connectivity index (χ1) is 34.3. The van der Waals surface area contributed by atoms with Crippen LogP contribution < -0.4 is 53.2 Å². The van der Waals surface area contributed by atoms with Gasteiger partial charge in [-0.1, -0.05) is 54.6 Å². The predicted octanol–water partition coefficient (Wildman–Crippen LogP) is -2.92. The summed E-state index contributed by atoms with van der Waals surface area (Å²) in [5, 5.41) is 24.6. The van der Waals surface area contributed by atoms with Crippen LogP contribution in [0.1, 0.15) is 58.6 Å². The van der Waals surface area contributed by atoms with Crippen LogP contribution >= 0.6 is 0 Å². The molecule has 0 radical (unpaired) electrons. The van der Waals surface area contributed by atoms with Gasteiger partial charge < -0.3 is 59.6 Å². The second-order valence-electron chi connectivity index (χ2n) is 16.6. The molecule has 0 fully saturated rings. The van der Waals surface area contributed by atoms with E-state index in [9.17, 15) is 57.5 Å². The third-order valence-electron chi connectivity index (χ3n) is 10.8. The molecular weight excluding hydrogens is 943 g/mol. The van der Waals surface area contributed by atoms with Gasteiger partial charge in [-0.2, -0.15) is 0 Å². The van der Waals surface area contributed by atoms with Crippen molar-refractivity contribution in [3.63, 3.8) is 0 Å². The Balaban J connectivity index is 1.92. The monoisotopic (exact) mass is 1010 g/mol. The number of hydrogen-bond acceptors (Lipinski definition) is 19. The molecule has 2 aromatic rings. The molecule has 72 heavy (non-hydrogen) atoms. The van der Waals surface area contributed by atoms with Gasteiger partial charge in [-0.15, -0.1) is 6.58 Å². The molecule has 2 aromatic carbocycles. The van der Waals surface area contributed by atoms with Crippen LogP contribution in [0.4, 0.5) is 4.79 Å². The molecule has 0 saturated carbocycles. The van der Waals surface area contributed by atoms with Gasteiger partial charge in [0.15, 0.2) is 30.8 Å². The number of fused-ring (bicyclic) bond motifs is 3. The van der Waals surface area contributed by atoms with Crippen molar-refractivity contribution in [1.29, 1.82) is 0 Å². The van der Waals surface area contributed by atoms with Crippen LogP contribution in [0.15, 0.2) is 61.2 Å². The fraction of sp³-hybridized carbons (Fsp3) is 0.447. The maximum atomic E-state index is 14.6. The van der Waals surface area contributed by atoms with Gasteiger partial charge in [-0.05, 0) is 63.8 Å². The average Bonchev–Trinajstić information content (AvgIpc) is 3.70. The molecule has 1 aliphatic rings. The van der Waals surface area contributed by atoms with Crippen molar-refractivity contribution in [2.75, 3.05) is 20.3 Å². The van der Waals surface area contributed by atoms with Crippen molar-refractivity contribution in [2.24, 2.45) is 0 Å². The number of carbonyl (C=O) groups excluding carboxylic acids is 12. The predicted molar refractivity (Wildman–Crippen MR) is 256 cm³/mol. The lowest BCUT2D eigenvalue weighted by molar-refractivity contribution is -0.146. The smallest absolute Gasteiger partial charge is 0.408 e. The van der Waals surface area contributed by atoms with E-state index in [2.05, 4.69) is 64.5 Å². The molecule has 0 saturated heterocycles. The number of rotatable bonds is 31. The molecule has 0 spiro atoms. The normalized spacial score (nSPS) is 16.2. The highest BCUT2D eigenvalue weighted by molar-refractivity contribution is 5.97. The van der Waals surface area contributed by atoms with Gasteiger partial charge in [0.05, 0.1) is 37.3 Å². The van der Waals surface area contributed by atoms with E-state index in [0.29, 0.717) is 31.4 Å². The van der Waals surface area contributed by atoms with E-state index < -0.39 is 115 Å². The van der Waals surface area contributed by atoms with E-state index in [1.165, 1.54) is 47.6 Å². The van der Waals surface area contributed by atoms with Crippen LogP contribution in [0, 0.1) is 0 Å². The Kier molecular flexibility index (Phi) is 23.6. The Morgan fingerprint density at radius 1 is 0.556 bits per heavy atom. The quantitative estimate of drug-likeness (QED) is 0.0157. The molecule has 6 amide bonds. The highest BCUT2D eigenvalue weighted by Crippen LogP contribution is 2.44. The lowest BCUT2D eigenvalue weighted by atomic mass is 9.98. The number of nitrogens with zero attached hydrogens (tertiary/aromatic N) is 1. The van der Waals surface area contributed by atoms with Crippen molar-refractivity contribution < 1.29 is 67.0 Å². The second kappa shape index (κ2) is 28.9. The lowest BCUT2D eigenvalue weighted by Gasteiger charge is -2.36. The summed E-state index contributed by atoms with van der Waals surface area (Å²) < 4.78 is 10.3. The number of nitrogens with one attached hydrogen (secondary N) is 10. The molecule has 390 valence electrons. The first-order valence-electron chi connectivity index (χ1n) is 22.7. The number of ether oxygens (including phenoxy) is 2. The van der Waals surface area contributed by atoms with Gasteiger partial charge in [-0.25, -0.2) is 9.59 Å². The van der Waals surface area contributed by atoms with Crippen LogP contribution in [0.3, 0.4) is 0 Å². The summed E-state index contributed by atoms with van der Waals surface area (Å²) in [4.78, 5) is 155. The Morgan fingerprint density at radius 3 is 1.44 bits per heavy atom. The van der Waals surface area contributed by atoms with E-state index >= 15 is 0 Å². The third kappa shape index (κ3) is 16.8. The molecule has 11 atom stereocenters. The van der Waals surface area contributed by atoms with Crippen LogP contribution in [0.25, 0.3) is 11.1 Å². The number of alkyl carbamates (subject to hydrolysis) is 1. The number of aldehydes is 5. The first kappa shape index (κ1) is 58.7. The zero-order chi connectivity index (χ0) is 53.7. The molecule has 10 N–H and O–H groups in total. The number of hydrogen-bond donors (Lipinski definition) is 10. The summed E-state index contributed by atoms with van der Waals surface area (Å²) in [6.45, 7) is 11.0.